The minimum atomic E-state index is -0.296. The fourth-order valence-corrected chi connectivity index (χ4v) is 1.13. The van der Waals surface area contributed by atoms with E-state index in [1.54, 1.807) is 32.3 Å². The van der Waals surface area contributed by atoms with Gasteiger partial charge in [0.2, 0.25) is 5.91 Å². The number of anilines is 1. The molecule has 3 nitrogen and oxygen atoms in total. The number of hydrogen-bond acceptors (Lipinski definition) is 2. The van der Waals surface area contributed by atoms with Crippen LogP contribution in [0.25, 0.3) is 0 Å². The van der Waals surface area contributed by atoms with E-state index in [0.717, 1.165) is 0 Å². The number of para-hydroxylation sites is 1. The zero-order chi connectivity index (χ0) is 11.3. The predicted octanol–water partition coefficient (Wildman–Crippen LogP) is 1.72. The molecule has 1 amide bonds. The van der Waals surface area contributed by atoms with E-state index >= 15 is 0 Å². The molecule has 1 aromatic rings. The second kappa shape index (κ2) is 5.34. The van der Waals surface area contributed by atoms with Gasteiger partial charge in [0.25, 0.3) is 0 Å². The van der Waals surface area contributed by atoms with Crippen molar-refractivity contribution in [2.24, 2.45) is 0 Å². The van der Waals surface area contributed by atoms with Gasteiger partial charge in [-0.15, -0.1) is 0 Å². The van der Waals surface area contributed by atoms with Gasteiger partial charge in [0, 0.05) is 27.1 Å². The Labute approximate surface area is 88.9 Å². The molecule has 0 aliphatic rings. The SMILES string of the molecule is CN(C)C(=O)CCNc1ccccc1F. The van der Waals surface area contributed by atoms with E-state index < -0.39 is 0 Å². The minimum Gasteiger partial charge on any atom is -0.382 e. The molecular formula is C11H15FN2O. The molecule has 0 bridgehead atoms. The van der Waals surface area contributed by atoms with E-state index in [2.05, 4.69) is 5.32 Å². The standard InChI is InChI=1S/C11H15FN2O/c1-14(2)11(15)7-8-13-10-6-4-3-5-9(10)12/h3-6,13H,7-8H2,1-2H3. The van der Waals surface area contributed by atoms with Gasteiger partial charge in [0.05, 0.1) is 5.69 Å². The average molecular weight is 210 g/mol. The van der Waals surface area contributed by atoms with Crippen molar-refractivity contribution in [2.75, 3.05) is 26.0 Å². The van der Waals surface area contributed by atoms with Crippen LogP contribution in [0, 0.1) is 5.82 Å². The molecule has 4 heteroatoms. The molecule has 82 valence electrons. The Balaban J connectivity index is 2.38. The molecule has 0 fully saturated rings. The number of carbonyl (C=O) groups excluding carboxylic acids is 1. The number of carbonyl (C=O) groups is 1. The van der Waals surface area contributed by atoms with Crippen molar-refractivity contribution in [3.05, 3.63) is 30.1 Å². The van der Waals surface area contributed by atoms with Crippen molar-refractivity contribution in [3.63, 3.8) is 0 Å². The summed E-state index contributed by atoms with van der Waals surface area (Å²) in [6.45, 7) is 0.442. The lowest BCUT2D eigenvalue weighted by Crippen LogP contribution is -2.24. The number of rotatable bonds is 4. The van der Waals surface area contributed by atoms with Gasteiger partial charge in [-0.1, -0.05) is 12.1 Å². The van der Waals surface area contributed by atoms with E-state index in [9.17, 15) is 9.18 Å². The molecule has 0 saturated heterocycles. The smallest absolute Gasteiger partial charge is 0.223 e. The van der Waals surface area contributed by atoms with Crippen molar-refractivity contribution >= 4 is 11.6 Å². The Bertz CT molecular complexity index is 339. The molecule has 0 heterocycles. The molecule has 0 radical (unpaired) electrons. The van der Waals surface area contributed by atoms with Gasteiger partial charge < -0.3 is 10.2 Å². The zero-order valence-electron chi connectivity index (χ0n) is 8.96. The molecule has 1 rings (SSSR count). The molecule has 0 aromatic heterocycles. The molecule has 0 unspecified atom stereocenters. The molecule has 0 atom stereocenters. The van der Waals surface area contributed by atoms with Gasteiger partial charge in [0.15, 0.2) is 0 Å². The highest BCUT2D eigenvalue weighted by atomic mass is 19.1. The van der Waals surface area contributed by atoms with Crippen LogP contribution in [0.2, 0.25) is 0 Å². The lowest BCUT2D eigenvalue weighted by molar-refractivity contribution is -0.128. The summed E-state index contributed by atoms with van der Waals surface area (Å²) < 4.78 is 13.1. The highest BCUT2D eigenvalue weighted by Crippen LogP contribution is 2.11. The van der Waals surface area contributed by atoms with E-state index in [-0.39, 0.29) is 11.7 Å². The van der Waals surface area contributed by atoms with Crippen LogP contribution < -0.4 is 5.32 Å². The maximum absolute atomic E-state index is 13.1. The van der Waals surface area contributed by atoms with Crippen LogP contribution in [-0.4, -0.2) is 31.4 Å². The first kappa shape index (κ1) is 11.5. The van der Waals surface area contributed by atoms with Crippen molar-refractivity contribution in [2.45, 2.75) is 6.42 Å². The predicted molar refractivity (Wildman–Crippen MR) is 58.2 cm³/mol. The molecule has 15 heavy (non-hydrogen) atoms. The van der Waals surface area contributed by atoms with Crippen molar-refractivity contribution in [3.8, 4) is 0 Å². The van der Waals surface area contributed by atoms with E-state index in [4.69, 9.17) is 0 Å². The number of benzene rings is 1. The van der Waals surface area contributed by atoms with Crippen LogP contribution in [0.1, 0.15) is 6.42 Å². The summed E-state index contributed by atoms with van der Waals surface area (Å²) in [5, 5.41) is 2.88. The molecule has 0 spiro atoms. The minimum absolute atomic E-state index is 0.0267. The second-order valence-electron chi connectivity index (χ2n) is 3.44. The highest BCUT2D eigenvalue weighted by molar-refractivity contribution is 5.76. The summed E-state index contributed by atoms with van der Waals surface area (Å²) in [5.74, 6) is -0.270. The fourth-order valence-electron chi connectivity index (χ4n) is 1.13. The summed E-state index contributed by atoms with van der Waals surface area (Å²) in [7, 11) is 3.40. The quantitative estimate of drug-likeness (QED) is 0.820. The zero-order valence-corrected chi connectivity index (χ0v) is 8.96. The summed E-state index contributed by atoms with van der Waals surface area (Å²) in [6, 6.07) is 6.41. The highest BCUT2D eigenvalue weighted by Gasteiger charge is 2.04. The van der Waals surface area contributed by atoms with Gasteiger partial charge in [-0.3, -0.25) is 4.79 Å². The van der Waals surface area contributed by atoms with Gasteiger partial charge in [-0.05, 0) is 12.1 Å². The number of nitrogens with one attached hydrogen (secondary N) is 1. The fraction of sp³-hybridized carbons (Fsp3) is 0.364. The first-order valence-corrected chi connectivity index (χ1v) is 4.80. The van der Waals surface area contributed by atoms with E-state index in [1.165, 1.54) is 11.0 Å². The summed E-state index contributed by atoms with van der Waals surface area (Å²) >= 11 is 0. The van der Waals surface area contributed by atoms with Crippen LogP contribution >= 0.6 is 0 Å². The van der Waals surface area contributed by atoms with Crippen molar-refractivity contribution < 1.29 is 9.18 Å². The molecule has 0 saturated carbocycles. The Kier molecular flexibility index (Phi) is 4.09. The summed E-state index contributed by atoms with van der Waals surface area (Å²) in [5.41, 5.74) is 0.434. The second-order valence-corrected chi connectivity index (χ2v) is 3.44. The number of halogens is 1. The molecule has 0 aliphatic heterocycles. The van der Waals surface area contributed by atoms with Gasteiger partial charge in [-0.25, -0.2) is 4.39 Å². The number of nitrogens with zero attached hydrogens (tertiary/aromatic N) is 1. The maximum Gasteiger partial charge on any atom is 0.223 e. The van der Waals surface area contributed by atoms with Crippen LogP contribution in [0.4, 0.5) is 10.1 Å². The van der Waals surface area contributed by atoms with Crippen molar-refractivity contribution in [1.82, 2.24) is 4.90 Å². The molecule has 1 aromatic carbocycles. The van der Waals surface area contributed by atoms with Gasteiger partial charge in [0.1, 0.15) is 5.82 Å². The summed E-state index contributed by atoms with van der Waals surface area (Å²) in [4.78, 5) is 12.7. The Hall–Kier alpha value is -1.58. The van der Waals surface area contributed by atoms with E-state index in [1.807, 2.05) is 0 Å². The van der Waals surface area contributed by atoms with E-state index in [0.29, 0.717) is 18.7 Å². The normalized spacial score (nSPS) is 9.80. The van der Waals surface area contributed by atoms with Crippen molar-refractivity contribution in [1.29, 1.82) is 0 Å². The molecule has 1 N–H and O–H groups in total. The summed E-state index contributed by atoms with van der Waals surface area (Å²) in [6.07, 6.45) is 0.362. The van der Waals surface area contributed by atoms with Gasteiger partial charge >= 0.3 is 0 Å². The van der Waals surface area contributed by atoms with Gasteiger partial charge in [-0.2, -0.15) is 0 Å². The Morgan fingerprint density at radius 2 is 2.07 bits per heavy atom. The maximum atomic E-state index is 13.1. The monoisotopic (exact) mass is 210 g/mol. The molecule has 0 aliphatic carbocycles. The lowest BCUT2D eigenvalue weighted by atomic mass is 10.3. The Morgan fingerprint density at radius 1 is 1.40 bits per heavy atom. The van der Waals surface area contributed by atoms with Crippen LogP contribution in [0.15, 0.2) is 24.3 Å². The largest absolute Gasteiger partial charge is 0.382 e. The third kappa shape index (κ3) is 3.58. The van der Waals surface area contributed by atoms with Crippen LogP contribution in [-0.2, 0) is 4.79 Å². The number of hydrogen-bond donors (Lipinski definition) is 1. The topological polar surface area (TPSA) is 32.3 Å². The average Bonchev–Trinajstić information content (AvgIpc) is 2.20. The lowest BCUT2D eigenvalue weighted by Gasteiger charge is -2.11. The molecular weight excluding hydrogens is 195 g/mol. The first-order valence-electron chi connectivity index (χ1n) is 4.80. The third-order valence-corrected chi connectivity index (χ3v) is 2.03. The third-order valence-electron chi connectivity index (χ3n) is 2.03. The Morgan fingerprint density at radius 3 is 2.67 bits per heavy atom. The number of amides is 1. The van der Waals surface area contributed by atoms with Crippen LogP contribution in [0.3, 0.4) is 0 Å². The first-order chi connectivity index (χ1) is 7.11. The van der Waals surface area contributed by atoms with Crippen LogP contribution in [0.5, 0.6) is 0 Å².